The molecule has 1 unspecified atom stereocenters. The number of rotatable bonds is 3. The van der Waals surface area contributed by atoms with Crippen LogP contribution < -0.4 is 3.53 Å². The summed E-state index contributed by atoms with van der Waals surface area (Å²) in [5, 5.41) is 9.45. The SMILES string of the molecule is OC(CNI)c1ccccc1. The summed E-state index contributed by atoms with van der Waals surface area (Å²) in [6.07, 6.45) is -0.395. The van der Waals surface area contributed by atoms with Gasteiger partial charge in [0.2, 0.25) is 0 Å². The minimum Gasteiger partial charge on any atom is -0.387 e. The third-order valence-corrected chi connectivity index (χ3v) is 1.90. The first-order valence-corrected chi connectivity index (χ1v) is 4.49. The summed E-state index contributed by atoms with van der Waals surface area (Å²) in [5.41, 5.74) is 0.955. The first-order chi connectivity index (χ1) is 5.34. The molecule has 2 N–H and O–H groups in total. The Morgan fingerprint density at radius 3 is 2.55 bits per heavy atom. The van der Waals surface area contributed by atoms with Crippen molar-refractivity contribution >= 4 is 22.9 Å². The molecule has 0 amide bonds. The fourth-order valence-corrected chi connectivity index (χ4v) is 1.28. The van der Waals surface area contributed by atoms with Crippen molar-refractivity contribution in [2.45, 2.75) is 6.10 Å². The lowest BCUT2D eigenvalue weighted by atomic mass is 10.1. The summed E-state index contributed by atoms with van der Waals surface area (Å²) >= 11 is 2.02. The average Bonchev–Trinajstić information content (AvgIpc) is 2.07. The van der Waals surface area contributed by atoms with Crippen LogP contribution in [-0.2, 0) is 0 Å². The summed E-state index contributed by atoms with van der Waals surface area (Å²) < 4.78 is 2.89. The first kappa shape index (κ1) is 8.96. The third-order valence-electron chi connectivity index (χ3n) is 1.45. The number of benzene rings is 1. The van der Waals surface area contributed by atoms with E-state index in [4.69, 9.17) is 0 Å². The molecule has 0 saturated heterocycles. The van der Waals surface area contributed by atoms with Gasteiger partial charge in [-0.3, -0.25) is 3.53 Å². The maximum absolute atomic E-state index is 9.45. The van der Waals surface area contributed by atoms with Gasteiger partial charge in [0.1, 0.15) is 0 Å². The van der Waals surface area contributed by atoms with Crippen LogP contribution in [0.1, 0.15) is 11.7 Å². The zero-order valence-corrected chi connectivity index (χ0v) is 8.15. The van der Waals surface area contributed by atoms with E-state index in [0.717, 1.165) is 5.56 Å². The molecule has 0 fully saturated rings. The molecule has 11 heavy (non-hydrogen) atoms. The molecule has 0 aliphatic carbocycles. The Balaban J connectivity index is 2.61. The van der Waals surface area contributed by atoms with Crippen molar-refractivity contribution in [1.82, 2.24) is 3.53 Å². The molecule has 0 heterocycles. The molecule has 3 heteroatoms. The van der Waals surface area contributed by atoms with Gasteiger partial charge < -0.3 is 5.11 Å². The Hall–Kier alpha value is -0.130. The highest BCUT2D eigenvalue weighted by molar-refractivity contribution is 14.1. The number of aliphatic hydroxyl groups is 1. The first-order valence-electron chi connectivity index (χ1n) is 3.41. The fraction of sp³-hybridized carbons (Fsp3) is 0.250. The predicted molar refractivity (Wildman–Crippen MR) is 53.4 cm³/mol. The van der Waals surface area contributed by atoms with E-state index in [1.54, 1.807) is 0 Å². The molecule has 1 rings (SSSR count). The van der Waals surface area contributed by atoms with Gasteiger partial charge in [0.25, 0.3) is 0 Å². The molecule has 1 aromatic rings. The molecule has 0 bridgehead atoms. The molecule has 1 atom stereocenters. The lowest BCUT2D eigenvalue weighted by Gasteiger charge is -2.08. The molecule has 1 aromatic carbocycles. The molecule has 0 aliphatic heterocycles. The highest BCUT2D eigenvalue weighted by atomic mass is 127. The van der Waals surface area contributed by atoms with Crippen molar-refractivity contribution < 1.29 is 5.11 Å². The molecule has 0 radical (unpaired) electrons. The zero-order valence-electron chi connectivity index (χ0n) is 6.00. The van der Waals surface area contributed by atoms with Crippen LogP contribution in [0.25, 0.3) is 0 Å². The lowest BCUT2D eigenvalue weighted by molar-refractivity contribution is 0.184. The number of halogens is 1. The van der Waals surface area contributed by atoms with Crippen LogP contribution >= 0.6 is 22.9 Å². The Labute approximate surface area is 80.1 Å². The minimum atomic E-state index is -0.395. The molecule has 0 aliphatic rings. The van der Waals surface area contributed by atoms with Crippen molar-refractivity contribution in [3.05, 3.63) is 35.9 Å². The monoisotopic (exact) mass is 263 g/mol. The summed E-state index contributed by atoms with van der Waals surface area (Å²) in [6, 6.07) is 9.61. The molecular weight excluding hydrogens is 253 g/mol. The summed E-state index contributed by atoms with van der Waals surface area (Å²) in [6.45, 7) is 0.588. The third kappa shape index (κ3) is 2.76. The number of nitrogens with one attached hydrogen (secondary N) is 1. The van der Waals surface area contributed by atoms with Gasteiger partial charge in [-0.2, -0.15) is 0 Å². The number of aliphatic hydroxyl groups excluding tert-OH is 1. The molecule has 0 aromatic heterocycles. The second-order valence-electron chi connectivity index (χ2n) is 2.26. The van der Waals surface area contributed by atoms with Crippen molar-refractivity contribution in [2.75, 3.05) is 6.54 Å². The summed E-state index contributed by atoms with van der Waals surface area (Å²) in [5.74, 6) is 0. The van der Waals surface area contributed by atoms with Gasteiger partial charge in [-0.25, -0.2) is 0 Å². The zero-order chi connectivity index (χ0) is 8.10. The second kappa shape index (κ2) is 4.69. The van der Waals surface area contributed by atoms with Crippen LogP contribution in [0.2, 0.25) is 0 Å². The van der Waals surface area contributed by atoms with E-state index in [0.29, 0.717) is 6.54 Å². The normalized spacial score (nSPS) is 12.9. The van der Waals surface area contributed by atoms with Gasteiger partial charge in [-0.15, -0.1) is 0 Å². The Kier molecular flexibility index (Phi) is 3.82. The topological polar surface area (TPSA) is 32.3 Å². The van der Waals surface area contributed by atoms with E-state index in [1.165, 1.54) is 0 Å². The maximum atomic E-state index is 9.45. The van der Waals surface area contributed by atoms with Gasteiger partial charge in [0.15, 0.2) is 0 Å². The van der Waals surface area contributed by atoms with Crippen LogP contribution in [0.3, 0.4) is 0 Å². The molecule has 2 nitrogen and oxygen atoms in total. The molecule has 0 spiro atoms. The van der Waals surface area contributed by atoms with E-state index < -0.39 is 6.10 Å². The van der Waals surface area contributed by atoms with Crippen LogP contribution in [-0.4, -0.2) is 11.7 Å². The highest BCUT2D eigenvalue weighted by Gasteiger charge is 2.03. The Morgan fingerprint density at radius 2 is 2.00 bits per heavy atom. The molecule has 0 saturated carbocycles. The average molecular weight is 263 g/mol. The van der Waals surface area contributed by atoms with E-state index in [1.807, 2.05) is 53.2 Å². The number of hydrogen-bond acceptors (Lipinski definition) is 2. The van der Waals surface area contributed by atoms with E-state index in [-0.39, 0.29) is 0 Å². The van der Waals surface area contributed by atoms with E-state index in [2.05, 4.69) is 3.53 Å². The largest absolute Gasteiger partial charge is 0.387 e. The summed E-state index contributed by atoms with van der Waals surface area (Å²) in [4.78, 5) is 0. The van der Waals surface area contributed by atoms with Crippen LogP contribution in [0, 0.1) is 0 Å². The fourth-order valence-electron chi connectivity index (χ4n) is 0.866. The summed E-state index contributed by atoms with van der Waals surface area (Å²) in [7, 11) is 0. The van der Waals surface area contributed by atoms with E-state index >= 15 is 0 Å². The lowest BCUT2D eigenvalue weighted by Crippen LogP contribution is -2.11. The second-order valence-corrected chi connectivity index (χ2v) is 3.03. The van der Waals surface area contributed by atoms with Gasteiger partial charge in [0, 0.05) is 29.4 Å². The van der Waals surface area contributed by atoms with Gasteiger partial charge in [0.05, 0.1) is 6.10 Å². The van der Waals surface area contributed by atoms with E-state index in [9.17, 15) is 5.11 Å². The minimum absolute atomic E-state index is 0.395. The number of hydrogen-bond donors (Lipinski definition) is 2. The van der Waals surface area contributed by atoms with Crippen LogP contribution in [0.5, 0.6) is 0 Å². The molecule has 60 valence electrons. The van der Waals surface area contributed by atoms with Gasteiger partial charge in [-0.05, 0) is 5.56 Å². The predicted octanol–water partition coefficient (Wildman–Crippen LogP) is 1.66. The maximum Gasteiger partial charge on any atom is 0.0922 e. The van der Waals surface area contributed by atoms with Crippen molar-refractivity contribution in [2.24, 2.45) is 0 Å². The van der Waals surface area contributed by atoms with Gasteiger partial charge >= 0.3 is 0 Å². The Morgan fingerprint density at radius 1 is 1.36 bits per heavy atom. The van der Waals surface area contributed by atoms with Crippen molar-refractivity contribution in [3.63, 3.8) is 0 Å². The van der Waals surface area contributed by atoms with Crippen molar-refractivity contribution in [1.29, 1.82) is 0 Å². The quantitative estimate of drug-likeness (QED) is 0.642. The van der Waals surface area contributed by atoms with Crippen molar-refractivity contribution in [3.8, 4) is 0 Å². The standard InChI is InChI=1S/C8H10INO/c9-10-6-8(11)7-4-2-1-3-5-7/h1-5,8,10-11H,6H2. The van der Waals surface area contributed by atoms with Crippen LogP contribution in [0.4, 0.5) is 0 Å². The highest BCUT2D eigenvalue weighted by Crippen LogP contribution is 2.10. The Bertz CT molecular complexity index is 203. The smallest absolute Gasteiger partial charge is 0.0922 e. The van der Waals surface area contributed by atoms with Gasteiger partial charge in [-0.1, -0.05) is 30.3 Å². The van der Waals surface area contributed by atoms with Crippen LogP contribution in [0.15, 0.2) is 30.3 Å². The molecular formula is C8H10INO.